The standard InChI is InChI=1S/C9H15N3O3S/c1-12-8(2-5-10-12)16(14,15)11-6-9(7-13)3-4-9/h2,5,11,13H,3-4,6-7H2,1H3. The zero-order valence-electron chi connectivity index (χ0n) is 9.05. The molecule has 0 aromatic carbocycles. The lowest BCUT2D eigenvalue weighted by molar-refractivity contribution is 0.213. The molecule has 6 nitrogen and oxygen atoms in total. The molecule has 0 amide bonds. The van der Waals surface area contributed by atoms with Crippen molar-refractivity contribution in [2.45, 2.75) is 17.9 Å². The second kappa shape index (κ2) is 3.83. The lowest BCUT2D eigenvalue weighted by Crippen LogP contribution is -2.32. The molecule has 2 rings (SSSR count). The first-order valence-corrected chi connectivity index (χ1v) is 6.56. The van der Waals surface area contributed by atoms with E-state index >= 15 is 0 Å². The number of hydrogen-bond acceptors (Lipinski definition) is 4. The summed E-state index contributed by atoms with van der Waals surface area (Å²) in [5, 5.41) is 13.0. The summed E-state index contributed by atoms with van der Waals surface area (Å²) in [7, 11) is -1.93. The van der Waals surface area contributed by atoms with Gasteiger partial charge < -0.3 is 5.11 Å². The predicted octanol–water partition coefficient (Wildman–Crippen LogP) is -0.529. The molecule has 0 aliphatic heterocycles. The van der Waals surface area contributed by atoms with Crippen molar-refractivity contribution in [3.05, 3.63) is 12.3 Å². The molecule has 7 heteroatoms. The van der Waals surface area contributed by atoms with E-state index in [1.807, 2.05) is 0 Å². The van der Waals surface area contributed by atoms with Gasteiger partial charge in [-0.05, 0) is 18.9 Å². The average Bonchev–Trinajstić information content (AvgIpc) is 2.91. The molecule has 0 radical (unpaired) electrons. The van der Waals surface area contributed by atoms with Gasteiger partial charge in [0.25, 0.3) is 10.0 Å². The molecule has 90 valence electrons. The average molecular weight is 245 g/mol. The smallest absolute Gasteiger partial charge is 0.257 e. The highest BCUT2D eigenvalue weighted by Gasteiger charge is 2.42. The molecule has 16 heavy (non-hydrogen) atoms. The number of rotatable bonds is 5. The van der Waals surface area contributed by atoms with Gasteiger partial charge in [-0.25, -0.2) is 13.1 Å². The van der Waals surface area contributed by atoms with Crippen molar-refractivity contribution in [1.82, 2.24) is 14.5 Å². The maximum Gasteiger partial charge on any atom is 0.257 e. The molecule has 2 N–H and O–H groups in total. The fourth-order valence-electron chi connectivity index (χ4n) is 1.51. The molecule has 1 aromatic heterocycles. The van der Waals surface area contributed by atoms with Crippen molar-refractivity contribution in [3.63, 3.8) is 0 Å². The number of aryl methyl sites for hydroxylation is 1. The van der Waals surface area contributed by atoms with Crippen molar-refractivity contribution >= 4 is 10.0 Å². The topological polar surface area (TPSA) is 84.2 Å². The third-order valence-corrected chi connectivity index (χ3v) is 4.46. The largest absolute Gasteiger partial charge is 0.396 e. The van der Waals surface area contributed by atoms with Crippen molar-refractivity contribution < 1.29 is 13.5 Å². The normalized spacial score (nSPS) is 18.6. The third-order valence-electron chi connectivity index (χ3n) is 2.98. The Labute approximate surface area is 94.3 Å². The van der Waals surface area contributed by atoms with Gasteiger partial charge in [-0.3, -0.25) is 4.68 Å². The zero-order chi connectivity index (χ0) is 11.8. The number of aliphatic hydroxyl groups is 1. The summed E-state index contributed by atoms with van der Waals surface area (Å²) in [4.78, 5) is 0. The number of aliphatic hydroxyl groups excluding tert-OH is 1. The van der Waals surface area contributed by atoms with E-state index in [0.29, 0.717) is 0 Å². The van der Waals surface area contributed by atoms with Crippen LogP contribution in [0.5, 0.6) is 0 Å². The van der Waals surface area contributed by atoms with Crippen LogP contribution in [-0.4, -0.2) is 36.5 Å². The summed E-state index contributed by atoms with van der Waals surface area (Å²) < 4.78 is 27.5. The number of hydrogen-bond donors (Lipinski definition) is 2. The minimum absolute atomic E-state index is 0.0287. The molecule has 1 saturated carbocycles. The van der Waals surface area contributed by atoms with Gasteiger partial charge in [0.15, 0.2) is 5.03 Å². The second-order valence-corrected chi connectivity index (χ2v) is 5.99. The van der Waals surface area contributed by atoms with E-state index in [2.05, 4.69) is 9.82 Å². The summed E-state index contributed by atoms with van der Waals surface area (Å²) in [6.45, 7) is 0.317. The van der Waals surface area contributed by atoms with Crippen LogP contribution in [0.3, 0.4) is 0 Å². The van der Waals surface area contributed by atoms with Crippen LogP contribution in [-0.2, 0) is 17.1 Å². The van der Waals surface area contributed by atoms with Crippen LogP contribution < -0.4 is 4.72 Å². The van der Waals surface area contributed by atoms with E-state index in [0.717, 1.165) is 12.8 Å². The zero-order valence-corrected chi connectivity index (χ0v) is 9.87. The highest BCUT2D eigenvalue weighted by molar-refractivity contribution is 7.89. The van der Waals surface area contributed by atoms with E-state index in [1.54, 1.807) is 7.05 Å². The Bertz CT molecular complexity index is 476. The summed E-state index contributed by atoms with van der Waals surface area (Å²) >= 11 is 0. The molecule has 1 fully saturated rings. The van der Waals surface area contributed by atoms with Crippen LogP contribution in [0, 0.1) is 5.41 Å². The summed E-state index contributed by atoms with van der Waals surface area (Å²) in [5.41, 5.74) is -0.230. The van der Waals surface area contributed by atoms with E-state index in [-0.39, 0.29) is 23.6 Å². The molecule has 0 bridgehead atoms. The Kier molecular flexibility index (Phi) is 2.77. The quantitative estimate of drug-likeness (QED) is 0.730. The van der Waals surface area contributed by atoms with Crippen molar-refractivity contribution in [2.24, 2.45) is 12.5 Å². The van der Waals surface area contributed by atoms with Crippen molar-refractivity contribution in [1.29, 1.82) is 0 Å². The van der Waals surface area contributed by atoms with E-state index < -0.39 is 10.0 Å². The van der Waals surface area contributed by atoms with Gasteiger partial charge in [-0.1, -0.05) is 0 Å². The maximum atomic E-state index is 11.9. The molecule has 0 unspecified atom stereocenters. The fraction of sp³-hybridized carbons (Fsp3) is 0.667. The van der Waals surface area contributed by atoms with E-state index in [9.17, 15) is 8.42 Å². The fourth-order valence-corrected chi connectivity index (χ4v) is 2.79. The minimum Gasteiger partial charge on any atom is -0.396 e. The van der Waals surface area contributed by atoms with Gasteiger partial charge in [0.1, 0.15) is 0 Å². The lowest BCUT2D eigenvalue weighted by Gasteiger charge is -2.12. The molecular weight excluding hydrogens is 230 g/mol. The van der Waals surface area contributed by atoms with Gasteiger partial charge in [0.05, 0.1) is 6.20 Å². The van der Waals surface area contributed by atoms with Crippen LogP contribution in [0.15, 0.2) is 17.3 Å². The van der Waals surface area contributed by atoms with Gasteiger partial charge in [-0.2, -0.15) is 5.10 Å². The molecule has 1 aliphatic rings. The van der Waals surface area contributed by atoms with Crippen LogP contribution in [0.4, 0.5) is 0 Å². The highest BCUT2D eigenvalue weighted by Crippen LogP contribution is 2.44. The van der Waals surface area contributed by atoms with Gasteiger partial charge in [-0.15, -0.1) is 0 Å². The highest BCUT2D eigenvalue weighted by atomic mass is 32.2. The van der Waals surface area contributed by atoms with Crippen LogP contribution >= 0.6 is 0 Å². The van der Waals surface area contributed by atoms with Gasteiger partial charge in [0.2, 0.25) is 0 Å². The molecule has 1 heterocycles. The van der Waals surface area contributed by atoms with Gasteiger partial charge in [0, 0.05) is 25.6 Å². The monoisotopic (exact) mass is 245 g/mol. The number of nitrogens with zero attached hydrogens (tertiary/aromatic N) is 2. The Morgan fingerprint density at radius 1 is 1.62 bits per heavy atom. The van der Waals surface area contributed by atoms with Crippen molar-refractivity contribution in [3.8, 4) is 0 Å². The molecular formula is C9H15N3O3S. The van der Waals surface area contributed by atoms with Gasteiger partial charge >= 0.3 is 0 Å². The molecule has 0 atom stereocenters. The molecule has 0 spiro atoms. The molecule has 1 aliphatic carbocycles. The first kappa shape index (κ1) is 11.6. The SMILES string of the molecule is Cn1nccc1S(=O)(=O)NCC1(CO)CC1. The van der Waals surface area contributed by atoms with Crippen LogP contribution in [0.2, 0.25) is 0 Å². The number of sulfonamides is 1. The molecule has 0 saturated heterocycles. The van der Waals surface area contributed by atoms with Crippen LogP contribution in [0.25, 0.3) is 0 Å². The number of aromatic nitrogens is 2. The first-order chi connectivity index (χ1) is 7.49. The Hall–Kier alpha value is -0.920. The van der Waals surface area contributed by atoms with Crippen LogP contribution in [0.1, 0.15) is 12.8 Å². The maximum absolute atomic E-state index is 11.9. The van der Waals surface area contributed by atoms with Crippen molar-refractivity contribution in [2.75, 3.05) is 13.2 Å². The third kappa shape index (κ3) is 2.11. The number of nitrogens with one attached hydrogen (secondary N) is 1. The Balaban J connectivity index is 2.07. The lowest BCUT2D eigenvalue weighted by atomic mass is 10.1. The Morgan fingerprint density at radius 2 is 2.31 bits per heavy atom. The Morgan fingerprint density at radius 3 is 2.75 bits per heavy atom. The van der Waals surface area contributed by atoms with E-state index in [1.165, 1.54) is 16.9 Å². The summed E-state index contributed by atoms with van der Waals surface area (Å²) in [6.07, 6.45) is 3.18. The molecule has 1 aromatic rings. The second-order valence-electron chi connectivity index (χ2n) is 4.28. The predicted molar refractivity (Wildman–Crippen MR) is 57.1 cm³/mol. The van der Waals surface area contributed by atoms with E-state index in [4.69, 9.17) is 5.11 Å². The first-order valence-electron chi connectivity index (χ1n) is 5.08. The summed E-state index contributed by atoms with van der Waals surface area (Å²) in [6, 6.07) is 1.45. The minimum atomic E-state index is -3.51. The summed E-state index contributed by atoms with van der Waals surface area (Å²) in [5.74, 6) is 0.